The molecule has 1 saturated heterocycles. The van der Waals surface area contributed by atoms with E-state index < -0.39 is 13.0 Å². The van der Waals surface area contributed by atoms with Gasteiger partial charge in [0.15, 0.2) is 5.78 Å². The average molecular weight is 474 g/mol. The van der Waals surface area contributed by atoms with Crippen LogP contribution in [-0.4, -0.2) is 48.9 Å². The predicted octanol–water partition coefficient (Wildman–Crippen LogP) is 4.28. The number of carbonyl (C=O) groups excluding carboxylic acids is 3. The van der Waals surface area contributed by atoms with Crippen molar-refractivity contribution in [2.45, 2.75) is 44.7 Å². The third-order valence-electron chi connectivity index (χ3n) is 4.50. The molecule has 0 radical (unpaired) electrons. The van der Waals surface area contributed by atoms with E-state index >= 15 is 0 Å². The van der Waals surface area contributed by atoms with Crippen molar-refractivity contribution in [3.8, 4) is 0 Å². The molecule has 1 amide bonds. The van der Waals surface area contributed by atoms with Crippen molar-refractivity contribution in [2.75, 3.05) is 18.9 Å². The molecule has 0 saturated carbocycles. The first kappa shape index (κ1) is 25.0. The third kappa shape index (κ3) is 8.14. The number of thioether (sulfide) groups is 1. The molecule has 30 heavy (non-hydrogen) atoms. The van der Waals surface area contributed by atoms with Gasteiger partial charge in [0.05, 0.1) is 22.9 Å². The fourth-order valence-electron chi connectivity index (χ4n) is 3.13. The minimum absolute atomic E-state index is 0.126. The first-order valence-electron chi connectivity index (χ1n) is 9.83. The van der Waals surface area contributed by atoms with Crippen LogP contribution in [0.15, 0.2) is 18.2 Å². The van der Waals surface area contributed by atoms with E-state index in [1.165, 1.54) is 23.9 Å². The van der Waals surface area contributed by atoms with Gasteiger partial charge in [-0.25, -0.2) is 0 Å². The van der Waals surface area contributed by atoms with Crippen LogP contribution in [0, 0.1) is 5.92 Å². The van der Waals surface area contributed by atoms with E-state index in [-0.39, 0.29) is 58.0 Å². The number of nitrogens with one attached hydrogen (secondary N) is 1. The zero-order valence-electron chi connectivity index (χ0n) is 17.3. The van der Waals surface area contributed by atoms with Crippen LogP contribution in [0.5, 0.6) is 0 Å². The zero-order valence-corrected chi connectivity index (χ0v) is 19.6. The van der Waals surface area contributed by atoms with Gasteiger partial charge in [-0.1, -0.05) is 44.0 Å². The van der Waals surface area contributed by atoms with Crippen LogP contribution >= 0.6 is 35.0 Å². The van der Waals surface area contributed by atoms with E-state index in [4.69, 9.17) is 32.5 Å². The van der Waals surface area contributed by atoms with Crippen molar-refractivity contribution in [1.82, 2.24) is 5.32 Å². The van der Waals surface area contributed by atoms with E-state index in [0.29, 0.717) is 18.1 Å². The van der Waals surface area contributed by atoms with Crippen molar-refractivity contribution in [1.29, 1.82) is 0 Å². The van der Waals surface area contributed by atoms with Gasteiger partial charge in [-0.15, -0.1) is 11.8 Å². The maximum absolute atomic E-state index is 12.6. The number of hydrogen-bond acceptors (Lipinski definition) is 6. The summed E-state index contributed by atoms with van der Waals surface area (Å²) in [7, 11) is -0.773. The molecule has 0 aliphatic carbocycles. The number of ketones is 1. The maximum Gasteiger partial charge on any atom is 0.531 e. The lowest BCUT2D eigenvalue weighted by Crippen LogP contribution is -2.39. The summed E-state index contributed by atoms with van der Waals surface area (Å²) in [5.74, 6) is -0.751. The maximum atomic E-state index is 12.6. The minimum Gasteiger partial charge on any atom is -0.509 e. The van der Waals surface area contributed by atoms with E-state index in [9.17, 15) is 14.4 Å². The summed E-state index contributed by atoms with van der Waals surface area (Å²) in [6, 6.07) is 4.56. The molecule has 10 heteroatoms. The number of amides is 1. The lowest BCUT2D eigenvalue weighted by atomic mass is 9.65. The summed E-state index contributed by atoms with van der Waals surface area (Å²) in [4.78, 5) is 36.9. The first-order chi connectivity index (χ1) is 14.2. The summed E-state index contributed by atoms with van der Waals surface area (Å²) < 4.78 is 11.3. The molecule has 1 N–H and O–H groups in total. The van der Waals surface area contributed by atoms with E-state index in [1.807, 2.05) is 20.8 Å². The van der Waals surface area contributed by atoms with Gasteiger partial charge in [-0.2, -0.15) is 0 Å². The molecule has 2 rings (SSSR count). The fourth-order valence-corrected chi connectivity index (χ4v) is 4.16. The van der Waals surface area contributed by atoms with Gasteiger partial charge in [-0.05, 0) is 30.5 Å². The number of Topliss-reactive ketones (excluding diaryl/α,β-unsaturated/α-hetero) is 1. The summed E-state index contributed by atoms with van der Waals surface area (Å²) in [6.45, 7) is 6.32. The van der Waals surface area contributed by atoms with Gasteiger partial charge >= 0.3 is 7.12 Å². The second-order valence-electron chi connectivity index (χ2n) is 7.75. The van der Waals surface area contributed by atoms with Crippen molar-refractivity contribution in [3.63, 3.8) is 0 Å². The highest BCUT2D eigenvalue weighted by atomic mass is 35.5. The summed E-state index contributed by atoms with van der Waals surface area (Å²) >= 11 is 13.4. The normalized spacial score (nSPS) is 18.4. The molecule has 164 valence electrons. The standard InChI is InChI=1S/C20H26BCl2NO5S/c1-12(2)6-14(21-28-10-13(3)30-11-19(26)29-21)7-16(25)9-24-20(27)17-8-15(22)4-5-18(17)23/h4-5,8,12-14H,6-7,9-11H2,1-3H3,(H,24,27)/t13-,14-/m1/s1. The lowest BCUT2D eigenvalue weighted by Gasteiger charge is -2.27. The molecule has 1 aliphatic rings. The van der Waals surface area contributed by atoms with Gasteiger partial charge in [0, 0.05) is 29.1 Å². The smallest absolute Gasteiger partial charge is 0.509 e. The second-order valence-corrected chi connectivity index (χ2v) is 10.0. The zero-order chi connectivity index (χ0) is 22.3. The average Bonchev–Trinajstić information content (AvgIpc) is 2.67. The van der Waals surface area contributed by atoms with Gasteiger partial charge < -0.3 is 14.6 Å². The molecule has 2 atom stereocenters. The monoisotopic (exact) mass is 473 g/mol. The summed E-state index contributed by atoms with van der Waals surface area (Å²) in [6.07, 6.45) is 0.778. The molecule has 1 fully saturated rings. The second kappa shape index (κ2) is 12.0. The molecule has 0 spiro atoms. The highest BCUT2D eigenvalue weighted by Gasteiger charge is 2.37. The highest BCUT2D eigenvalue weighted by Crippen LogP contribution is 2.29. The van der Waals surface area contributed by atoms with Crippen molar-refractivity contribution < 1.29 is 23.7 Å². The van der Waals surface area contributed by atoms with Crippen LogP contribution < -0.4 is 5.32 Å². The van der Waals surface area contributed by atoms with Crippen LogP contribution in [0.2, 0.25) is 15.9 Å². The van der Waals surface area contributed by atoms with Crippen LogP contribution in [0.1, 0.15) is 44.0 Å². The quantitative estimate of drug-likeness (QED) is 0.567. The van der Waals surface area contributed by atoms with Crippen LogP contribution in [0.4, 0.5) is 0 Å². The molecule has 1 heterocycles. The molecule has 1 aliphatic heterocycles. The number of rotatable bonds is 8. The Bertz CT molecular complexity index is 780. The molecule has 1 aromatic carbocycles. The topological polar surface area (TPSA) is 81.7 Å². The Morgan fingerprint density at radius 1 is 1.33 bits per heavy atom. The first-order valence-corrected chi connectivity index (χ1v) is 11.6. The largest absolute Gasteiger partial charge is 0.531 e. The van der Waals surface area contributed by atoms with E-state index in [1.54, 1.807) is 6.07 Å². The Balaban J connectivity index is 1.99. The van der Waals surface area contributed by atoms with Gasteiger partial charge in [0.2, 0.25) is 0 Å². The van der Waals surface area contributed by atoms with Crippen molar-refractivity contribution in [3.05, 3.63) is 33.8 Å². The molecular weight excluding hydrogens is 448 g/mol. The Kier molecular flexibility index (Phi) is 10.0. The Morgan fingerprint density at radius 2 is 2.07 bits per heavy atom. The number of benzene rings is 1. The van der Waals surface area contributed by atoms with E-state index in [0.717, 1.165) is 0 Å². The molecule has 0 bridgehead atoms. The van der Waals surface area contributed by atoms with Crippen molar-refractivity contribution >= 4 is 59.7 Å². The number of hydrogen-bond donors (Lipinski definition) is 1. The van der Waals surface area contributed by atoms with Crippen LogP contribution in [0.25, 0.3) is 0 Å². The van der Waals surface area contributed by atoms with Gasteiger partial charge in [0.25, 0.3) is 11.9 Å². The van der Waals surface area contributed by atoms with Gasteiger partial charge in [0.1, 0.15) is 0 Å². The number of carbonyl (C=O) groups is 3. The van der Waals surface area contributed by atoms with Gasteiger partial charge in [-0.3, -0.25) is 14.4 Å². The summed E-state index contributed by atoms with van der Waals surface area (Å²) in [5, 5.41) is 3.38. The Hall–Kier alpha value is -1.22. The predicted molar refractivity (Wildman–Crippen MR) is 121 cm³/mol. The lowest BCUT2D eigenvalue weighted by molar-refractivity contribution is -0.133. The number of halogens is 2. The molecule has 1 aromatic rings. The Labute approximate surface area is 191 Å². The molecule has 0 unspecified atom stereocenters. The minimum atomic E-state index is -0.773. The molecule has 6 nitrogen and oxygen atoms in total. The van der Waals surface area contributed by atoms with Crippen LogP contribution in [-0.2, 0) is 18.9 Å². The summed E-state index contributed by atoms with van der Waals surface area (Å²) in [5.41, 5.74) is 0.208. The van der Waals surface area contributed by atoms with Crippen molar-refractivity contribution in [2.24, 2.45) is 5.92 Å². The molecule has 0 aromatic heterocycles. The highest BCUT2D eigenvalue weighted by molar-refractivity contribution is 8.00. The third-order valence-corrected chi connectivity index (χ3v) is 6.17. The SMILES string of the molecule is CC(C)C[C@H](CC(=O)CNC(=O)c1cc(Cl)ccc1Cl)B1OC[C@@H](C)SCC(=O)O1. The fraction of sp³-hybridized carbons (Fsp3) is 0.550. The van der Waals surface area contributed by atoms with E-state index in [2.05, 4.69) is 5.32 Å². The molecular formula is C20H26BCl2NO5S. The van der Waals surface area contributed by atoms with Crippen LogP contribution in [0.3, 0.4) is 0 Å². The Morgan fingerprint density at radius 3 is 2.77 bits per heavy atom.